The first kappa shape index (κ1) is 86.9. The zero-order chi connectivity index (χ0) is 66.5. The van der Waals surface area contributed by atoms with Crippen molar-refractivity contribution >= 4 is 11.9 Å². The summed E-state index contributed by atoms with van der Waals surface area (Å²) in [4.78, 5) is 25.1. The normalized spacial score (nSPS) is 18.0. The fraction of sp³-hybridized carbons (Fsp3) is 0.802. The molecule has 534 valence electrons. The van der Waals surface area contributed by atoms with Gasteiger partial charge in [0.1, 0.15) is 24.4 Å². The van der Waals surface area contributed by atoms with Crippen LogP contribution in [0.3, 0.4) is 0 Å². The molecule has 7 unspecified atom stereocenters. The van der Waals surface area contributed by atoms with E-state index in [1.165, 1.54) is 244 Å². The molecule has 0 radical (unpaired) electrons. The number of aliphatic hydroxyl groups excluding tert-OH is 5. The van der Waals surface area contributed by atoms with E-state index >= 15 is 0 Å². The highest BCUT2D eigenvalue weighted by molar-refractivity contribution is 5.76. The van der Waals surface area contributed by atoms with Crippen LogP contribution in [0.2, 0.25) is 0 Å². The Hall–Kier alpha value is -3.16. The number of unbranched alkanes of at least 4 members (excludes halogenated alkanes) is 42. The van der Waals surface area contributed by atoms with Gasteiger partial charge in [0, 0.05) is 12.8 Å². The quantitative estimate of drug-likeness (QED) is 0.0195. The predicted molar refractivity (Wildman–Crippen MR) is 389 cm³/mol. The highest BCUT2D eigenvalue weighted by Crippen LogP contribution is 2.23. The predicted octanol–water partition coefficient (Wildman–Crippen LogP) is 20.8. The number of carbonyl (C=O) groups is 2. The number of esters is 1. The van der Waals surface area contributed by atoms with Crippen molar-refractivity contribution < 1.29 is 49.3 Å². The number of carbonyl (C=O) groups excluding carboxylic acids is 2. The van der Waals surface area contributed by atoms with Crippen LogP contribution in [0.4, 0.5) is 0 Å². The minimum atomic E-state index is -1.58. The molecule has 1 saturated heterocycles. The largest absolute Gasteiger partial charge is 0.466 e. The first-order valence-corrected chi connectivity index (χ1v) is 38.9. The molecule has 1 amide bonds. The maximum absolute atomic E-state index is 13.1. The summed E-state index contributed by atoms with van der Waals surface area (Å²) in [5.74, 6) is -0.197. The van der Waals surface area contributed by atoms with Crippen LogP contribution in [0, 0.1) is 0 Å². The van der Waals surface area contributed by atoms with Gasteiger partial charge in [-0.1, -0.05) is 311 Å². The molecule has 0 aromatic rings. The van der Waals surface area contributed by atoms with Crippen molar-refractivity contribution in [1.29, 1.82) is 0 Å². The Morgan fingerprint density at radius 3 is 1.17 bits per heavy atom. The monoisotopic (exact) mass is 1290 g/mol. The van der Waals surface area contributed by atoms with Gasteiger partial charge in [-0.3, -0.25) is 9.59 Å². The third kappa shape index (κ3) is 57.1. The van der Waals surface area contributed by atoms with Crippen molar-refractivity contribution in [3.05, 3.63) is 85.1 Å². The number of aliphatic hydroxyl groups is 5. The Morgan fingerprint density at radius 1 is 0.402 bits per heavy atom. The second-order valence-corrected chi connectivity index (χ2v) is 26.7. The van der Waals surface area contributed by atoms with E-state index in [9.17, 15) is 35.1 Å². The first-order valence-electron chi connectivity index (χ1n) is 38.9. The molecule has 0 saturated carbocycles. The number of hydrogen-bond acceptors (Lipinski definition) is 10. The summed E-state index contributed by atoms with van der Waals surface area (Å²) < 4.78 is 16.7. The number of ether oxygens (including phenoxy) is 3. The maximum Gasteiger partial charge on any atom is 0.305 e. The van der Waals surface area contributed by atoms with Gasteiger partial charge in [0.05, 0.1) is 32.0 Å². The smallest absolute Gasteiger partial charge is 0.305 e. The zero-order valence-electron chi connectivity index (χ0n) is 59.5. The summed E-state index contributed by atoms with van der Waals surface area (Å²) in [6.07, 6.45) is 86.1. The molecule has 7 atom stereocenters. The van der Waals surface area contributed by atoms with Crippen molar-refractivity contribution in [3.8, 4) is 0 Å². The molecule has 1 aliphatic heterocycles. The molecule has 1 fully saturated rings. The molecule has 6 N–H and O–H groups in total. The second kappa shape index (κ2) is 69.2. The number of amides is 1. The lowest BCUT2D eigenvalue weighted by Crippen LogP contribution is -2.60. The average Bonchev–Trinajstić information content (AvgIpc) is 0.891. The van der Waals surface area contributed by atoms with Crippen molar-refractivity contribution in [2.24, 2.45) is 0 Å². The Bertz CT molecular complexity index is 1810. The summed E-state index contributed by atoms with van der Waals surface area (Å²) in [6.45, 7) is 4.27. The van der Waals surface area contributed by atoms with Gasteiger partial charge in [-0.15, -0.1) is 0 Å². The van der Waals surface area contributed by atoms with Gasteiger partial charge >= 0.3 is 5.97 Å². The van der Waals surface area contributed by atoms with Crippen LogP contribution in [0.15, 0.2) is 85.1 Å². The molecule has 11 heteroatoms. The highest BCUT2D eigenvalue weighted by atomic mass is 16.7. The standard InChI is InChI=1S/C81H145NO10/c1-3-5-7-9-11-13-15-17-45-49-53-57-61-65-69-77(86)90-70-66-62-58-54-50-46-42-40-38-36-34-32-30-28-26-24-22-20-18-19-21-23-25-27-29-31-33-35-37-39-41-44-48-52-56-60-64-68-76(85)82-73(72-91-81-80(89)79(88)78(87)75(71-83)92-81)74(84)67-63-59-55-51-47-43-16-14-12-10-8-6-4-2/h9,11-12,14-15,17-18,20,24,26,47,51,63,67,73-75,78-81,83-84,87-89H,3-8,10,13,16,19,21-23,25,27-46,48-50,52-62,64-66,68-72H2,1-2H3,(H,82,85)/b11-9-,14-12+,17-15-,20-18-,26-24-,51-47+,67-63+. The van der Waals surface area contributed by atoms with Gasteiger partial charge in [0.2, 0.25) is 5.91 Å². The van der Waals surface area contributed by atoms with Crippen LogP contribution in [0.5, 0.6) is 0 Å². The van der Waals surface area contributed by atoms with Crippen LogP contribution in [0.1, 0.15) is 354 Å². The average molecular weight is 1290 g/mol. The Morgan fingerprint density at radius 2 is 0.750 bits per heavy atom. The molecule has 92 heavy (non-hydrogen) atoms. The van der Waals surface area contributed by atoms with Crippen molar-refractivity contribution in [2.75, 3.05) is 19.8 Å². The SMILES string of the molecule is CCCC/C=C\C/C=C\CCCCCCCC(=O)OCCCCCCCCCCCCCCC/C=C\C/C=C\CCCCCCCCCCCCCCCCCCCC(=O)NC(COC1OC(CO)C(O)C(O)C1O)C(O)/C=C/CC/C=C/CC/C=C/CCCCC. The number of hydrogen-bond donors (Lipinski definition) is 6. The van der Waals surface area contributed by atoms with E-state index in [1.807, 2.05) is 6.08 Å². The Balaban J connectivity index is 1.93. The number of rotatable bonds is 68. The molecule has 0 bridgehead atoms. The summed E-state index contributed by atoms with van der Waals surface area (Å²) in [7, 11) is 0. The fourth-order valence-corrected chi connectivity index (χ4v) is 11.8. The van der Waals surface area contributed by atoms with Crippen LogP contribution < -0.4 is 5.32 Å². The maximum atomic E-state index is 13.1. The summed E-state index contributed by atoms with van der Waals surface area (Å²) in [6, 6.07) is -0.834. The molecule has 0 aromatic heterocycles. The third-order valence-electron chi connectivity index (χ3n) is 17.9. The third-order valence-corrected chi connectivity index (χ3v) is 17.9. The molecular formula is C81H145NO10. The fourth-order valence-electron chi connectivity index (χ4n) is 11.8. The molecule has 0 aliphatic carbocycles. The summed E-state index contributed by atoms with van der Waals surface area (Å²) in [5, 5.41) is 54.5. The lowest BCUT2D eigenvalue weighted by Gasteiger charge is -2.40. The van der Waals surface area contributed by atoms with E-state index in [1.54, 1.807) is 6.08 Å². The van der Waals surface area contributed by atoms with Crippen molar-refractivity contribution in [2.45, 2.75) is 397 Å². The van der Waals surface area contributed by atoms with Gasteiger partial charge in [-0.2, -0.15) is 0 Å². The summed E-state index contributed by atoms with van der Waals surface area (Å²) >= 11 is 0. The van der Waals surface area contributed by atoms with Crippen LogP contribution in [-0.2, 0) is 23.8 Å². The van der Waals surface area contributed by atoms with Crippen LogP contribution in [-0.4, -0.2) is 100 Å². The van der Waals surface area contributed by atoms with Crippen LogP contribution >= 0.6 is 0 Å². The Labute approximate surface area is 565 Å². The van der Waals surface area contributed by atoms with Gasteiger partial charge in [0.15, 0.2) is 6.29 Å². The summed E-state index contributed by atoms with van der Waals surface area (Å²) in [5.41, 5.74) is 0. The molecular weight excluding hydrogens is 1150 g/mol. The van der Waals surface area contributed by atoms with Gasteiger partial charge in [-0.25, -0.2) is 0 Å². The van der Waals surface area contributed by atoms with E-state index in [0.29, 0.717) is 19.4 Å². The lowest BCUT2D eigenvalue weighted by molar-refractivity contribution is -0.302. The van der Waals surface area contributed by atoms with E-state index in [4.69, 9.17) is 14.2 Å². The van der Waals surface area contributed by atoms with Gasteiger partial charge < -0.3 is 45.1 Å². The van der Waals surface area contributed by atoms with Gasteiger partial charge in [0.25, 0.3) is 0 Å². The zero-order valence-corrected chi connectivity index (χ0v) is 59.5. The van der Waals surface area contributed by atoms with E-state index in [2.05, 4.69) is 92.1 Å². The van der Waals surface area contributed by atoms with Crippen molar-refractivity contribution in [1.82, 2.24) is 5.32 Å². The lowest BCUT2D eigenvalue weighted by atomic mass is 9.99. The molecule has 1 rings (SSSR count). The molecule has 0 aromatic carbocycles. The molecule has 1 heterocycles. The second-order valence-electron chi connectivity index (χ2n) is 26.7. The van der Waals surface area contributed by atoms with Crippen LogP contribution in [0.25, 0.3) is 0 Å². The van der Waals surface area contributed by atoms with Crippen molar-refractivity contribution in [3.63, 3.8) is 0 Å². The molecule has 1 aliphatic rings. The first-order chi connectivity index (χ1) is 45.2. The Kier molecular flexibility index (Phi) is 65.3. The van der Waals surface area contributed by atoms with E-state index in [0.717, 1.165) is 83.5 Å². The number of nitrogens with one attached hydrogen (secondary N) is 1. The van der Waals surface area contributed by atoms with Gasteiger partial charge in [-0.05, 0) is 116 Å². The highest BCUT2D eigenvalue weighted by Gasteiger charge is 2.44. The topological polar surface area (TPSA) is 175 Å². The number of allylic oxidation sites excluding steroid dienone is 13. The molecule has 0 spiro atoms. The molecule has 11 nitrogen and oxygen atoms in total. The van der Waals surface area contributed by atoms with E-state index < -0.39 is 49.5 Å². The van der Waals surface area contributed by atoms with E-state index in [-0.39, 0.29) is 18.5 Å². The minimum Gasteiger partial charge on any atom is -0.466 e. The minimum absolute atomic E-state index is 0.00280.